The normalized spacial score (nSPS) is 11.4. The first kappa shape index (κ1) is 10.2. The van der Waals surface area contributed by atoms with Gasteiger partial charge in [0.05, 0.1) is 0 Å². The fourth-order valence-electron chi connectivity index (χ4n) is 0.614. The Labute approximate surface area is 78.1 Å². The molecular weight excluding hydrogens is 203 g/mol. The molecule has 2 nitrogen and oxygen atoms in total. The molecule has 0 aliphatic rings. The van der Waals surface area contributed by atoms with Crippen molar-refractivity contribution >= 4 is 12.6 Å². The Bertz CT molecular complexity index is 272. The molecule has 0 aliphatic carbocycles. The second-order valence-electron chi connectivity index (χ2n) is 2.26. The van der Waals surface area contributed by atoms with E-state index in [1.807, 2.05) is 0 Å². The molecule has 0 radical (unpaired) electrons. The Morgan fingerprint density at radius 3 is 2.54 bits per heavy atom. The minimum Gasteiger partial charge on any atom is -0.468 e. The highest BCUT2D eigenvalue weighted by molar-refractivity contribution is 7.80. The predicted molar refractivity (Wildman–Crippen MR) is 43.0 cm³/mol. The zero-order chi connectivity index (χ0) is 9.90. The third kappa shape index (κ3) is 4.02. The van der Waals surface area contributed by atoms with Gasteiger partial charge < -0.3 is 4.74 Å². The Hall–Kier alpha value is -0.910. The van der Waals surface area contributed by atoms with Crippen molar-refractivity contribution in [3.8, 4) is 5.88 Å². The zero-order valence-electron chi connectivity index (χ0n) is 6.38. The quantitative estimate of drug-likeness (QED) is 0.755. The van der Waals surface area contributed by atoms with Gasteiger partial charge >= 0.3 is 6.18 Å². The number of ether oxygens (including phenoxy) is 1. The first-order chi connectivity index (χ1) is 5.97. The third-order valence-electron chi connectivity index (χ3n) is 1.10. The second kappa shape index (κ2) is 3.87. The summed E-state index contributed by atoms with van der Waals surface area (Å²) in [6, 6.07) is 2.83. The molecule has 0 aromatic carbocycles. The topological polar surface area (TPSA) is 22.1 Å². The van der Waals surface area contributed by atoms with Gasteiger partial charge in [-0.3, -0.25) is 0 Å². The van der Waals surface area contributed by atoms with Gasteiger partial charge in [0.25, 0.3) is 0 Å². The van der Waals surface area contributed by atoms with Crippen LogP contribution in [0, 0.1) is 0 Å². The summed E-state index contributed by atoms with van der Waals surface area (Å²) in [5.74, 6) is -0.0601. The predicted octanol–water partition coefficient (Wildman–Crippen LogP) is 2.31. The Kier molecular flexibility index (Phi) is 3.02. The number of nitrogens with zero attached hydrogens (tertiary/aromatic N) is 1. The molecule has 0 N–H and O–H groups in total. The lowest BCUT2D eigenvalue weighted by Crippen LogP contribution is -2.19. The monoisotopic (exact) mass is 209 g/mol. The summed E-state index contributed by atoms with van der Waals surface area (Å²) in [7, 11) is 0. The minimum atomic E-state index is -4.33. The summed E-state index contributed by atoms with van der Waals surface area (Å²) in [4.78, 5) is 4.15. The first-order valence-corrected chi connectivity index (χ1v) is 3.77. The van der Waals surface area contributed by atoms with E-state index in [2.05, 4.69) is 22.3 Å². The molecule has 0 atom stereocenters. The molecule has 1 aromatic heterocycles. The fraction of sp³-hybridized carbons (Fsp3) is 0.286. The molecule has 0 saturated carbocycles. The zero-order valence-corrected chi connectivity index (χ0v) is 7.27. The van der Waals surface area contributed by atoms with E-state index in [0.717, 1.165) is 0 Å². The van der Waals surface area contributed by atoms with Gasteiger partial charge in [-0.15, -0.1) is 12.6 Å². The summed E-state index contributed by atoms with van der Waals surface area (Å²) in [5.41, 5.74) is 0. The summed E-state index contributed by atoms with van der Waals surface area (Å²) in [6.07, 6.45) is -3.02. The number of hydrogen-bond acceptors (Lipinski definition) is 3. The van der Waals surface area contributed by atoms with Crippen LogP contribution in [0.1, 0.15) is 0 Å². The lowest BCUT2D eigenvalue weighted by atomic mass is 10.5. The highest BCUT2D eigenvalue weighted by atomic mass is 32.1. The molecular formula is C7H6F3NOS. The van der Waals surface area contributed by atoms with Gasteiger partial charge in [0.2, 0.25) is 5.88 Å². The van der Waals surface area contributed by atoms with Crippen LogP contribution in [0.5, 0.6) is 5.88 Å². The maximum atomic E-state index is 11.7. The number of hydrogen-bond donors (Lipinski definition) is 1. The fourth-order valence-corrected chi connectivity index (χ4v) is 0.746. The molecule has 0 saturated heterocycles. The van der Waals surface area contributed by atoms with Crippen LogP contribution in [-0.4, -0.2) is 17.8 Å². The van der Waals surface area contributed by atoms with Gasteiger partial charge in [0.15, 0.2) is 6.61 Å². The Morgan fingerprint density at radius 2 is 2.08 bits per heavy atom. The van der Waals surface area contributed by atoms with E-state index in [4.69, 9.17) is 0 Å². The number of thiol groups is 1. The van der Waals surface area contributed by atoms with Crippen molar-refractivity contribution in [3.63, 3.8) is 0 Å². The van der Waals surface area contributed by atoms with E-state index >= 15 is 0 Å². The number of halogens is 3. The summed E-state index contributed by atoms with van der Waals surface area (Å²) < 4.78 is 39.3. The summed E-state index contributed by atoms with van der Waals surface area (Å²) in [5, 5.41) is 0. The molecule has 1 heterocycles. The molecule has 6 heteroatoms. The summed E-state index contributed by atoms with van der Waals surface area (Å²) in [6.45, 7) is -1.33. The maximum Gasteiger partial charge on any atom is 0.422 e. The Balaban J connectivity index is 2.51. The largest absolute Gasteiger partial charge is 0.468 e. The first-order valence-electron chi connectivity index (χ1n) is 3.32. The lowest BCUT2D eigenvalue weighted by molar-refractivity contribution is -0.154. The van der Waals surface area contributed by atoms with Crippen molar-refractivity contribution < 1.29 is 17.9 Å². The van der Waals surface area contributed by atoms with Crippen LogP contribution in [0.25, 0.3) is 0 Å². The molecule has 0 amide bonds. The van der Waals surface area contributed by atoms with Crippen molar-refractivity contribution in [2.45, 2.75) is 11.1 Å². The van der Waals surface area contributed by atoms with E-state index in [-0.39, 0.29) is 5.88 Å². The number of aromatic nitrogens is 1. The molecule has 1 rings (SSSR count). The van der Waals surface area contributed by atoms with Crippen LogP contribution in [0.2, 0.25) is 0 Å². The summed E-state index contributed by atoms with van der Waals surface area (Å²) >= 11 is 3.92. The van der Waals surface area contributed by atoms with Crippen molar-refractivity contribution in [2.24, 2.45) is 0 Å². The maximum absolute atomic E-state index is 11.7. The van der Waals surface area contributed by atoms with Gasteiger partial charge in [-0.05, 0) is 6.07 Å². The van der Waals surface area contributed by atoms with E-state index in [1.165, 1.54) is 18.3 Å². The van der Waals surface area contributed by atoms with Crippen molar-refractivity contribution in [2.75, 3.05) is 6.61 Å². The van der Waals surface area contributed by atoms with E-state index in [0.29, 0.717) is 4.90 Å². The van der Waals surface area contributed by atoms with Crippen LogP contribution < -0.4 is 4.74 Å². The molecule has 0 spiro atoms. The standard InChI is InChI=1S/C7H6F3NOS/c8-7(9,10)4-12-6-2-1-5(13)3-11-6/h1-3,13H,4H2. The molecule has 0 bridgehead atoms. The SMILES string of the molecule is FC(F)(F)COc1ccc(S)cn1. The Morgan fingerprint density at radius 1 is 1.38 bits per heavy atom. The van der Waals surface area contributed by atoms with Gasteiger partial charge in [-0.25, -0.2) is 4.98 Å². The van der Waals surface area contributed by atoms with Crippen molar-refractivity contribution in [1.29, 1.82) is 0 Å². The average molecular weight is 209 g/mol. The lowest BCUT2D eigenvalue weighted by Gasteiger charge is -2.07. The molecule has 1 aromatic rings. The minimum absolute atomic E-state index is 0.0601. The van der Waals surface area contributed by atoms with Crippen molar-refractivity contribution in [1.82, 2.24) is 4.98 Å². The van der Waals surface area contributed by atoms with Crippen molar-refractivity contribution in [3.05, 3.63) is 18.3 Å². The highest BCUT2D eigenvalue weighted by Crippen LogP contribution is 2.17. The second-order valence-corrected chi connectivity index (χ2v) is 2.77. The van der Waals surface area contributed by atoms with E-state index < -0.39 is 12.8 Å². The van der Waals surface area contributed by atoms with E-state index in [1.54, 1.807) is 0 Å². The third-order valence-corrected chi connectivity index (χ3v) is 1.37. The molecule has 13 heavy (non-hydrogen) atoms. The number of pyridine rings is 1. The van der Waals surface area contributed by atoms with E-state index in [9.17, 15) is 13.2 Å². The van der Waals surface area contributed by atoms with Crippen LogP contribution in [0.15, 0.2) is 23.2 Å². The van der Waals surface area contributed by atoms with Crippen LogP contribution >= 0.6 is 12.6 Å². The van der Waals surface area contributed by atoms with Crippen LogP contribution in [0.4, 0.5) is 13.2 Å². The average Bonchev–Trinajstić information content (AvgIpc) is 2.02. The van der Waals surface area contributed by atoms with Gasteiger partial charge in [0.1, 0.15) is 0 Å². The van der Waals surface area contributed by atoms with Gasteiger partial charge in [0, 0.05) is 17.2 Å². The number of rotatable bonds is 2. The van der Waals surface area contributed by atoms with Gasteiger partial charge in [-0.1, -0.05) is 0 Å². The molecule has 72 valence electrons. The van der Waals surface area contributed by atoms with Crippen LogP contribution in [-0.2, 0) is 0 Å². The number of alkyl halides is 3. The smallest absolute Gasteiger partial charge is 0.422 e. The highest BCUT2D eigenvalue weighted by Gasteiger charge is 2.28. The molecule has 0 aliphatic heterocycles. The van der Waals surface area contributed by atoms with Gasteiger partial charge in [-0.2, -0.15) is 13.2 Å². The van der Waals surface area contributed by atoms with Crippen LogP contribution in [0.3, 0.4) is 0 Å². The molecule has 0 unspecified atom stereocenters. The molecule has 0 fully saturated rings.